The highest BCUT2D eigenvalue weighted by atomic mass is 16.5. The molecular weight excluding hydrogens is 222 g/mol. The normalized spacial score (nSPS) is 18.9. The molecule has 2 rings (SSSR count). The van der Waals surface area contributed by atoms with E-state index in [0.717, 1.165) is 6.42 Å². The summed E-state index contributed by atoms with van der Waals surface area (Å²) in [5.74, 6) is -1.23. The monoisotopic (exact) mass is 235 g/mol. The highest BCUT2D eigenvalue weighted by molar-refractivity contribution is 5.96. The van der Waals surface area contributed by atoms with E-state index in [1.165, 1.54) is 12.1 Å². The predicted octanol–water partition coefficient (Wildman–Crippen LogP) is 1.50. The van der Waals surface area contributed by atoms with E-state index in [4.69, 9.17) is 9.84 Å². The van der Waals surface area contributed by atoms with Crippen molar-refractivity contribution in [3.8, 4) is 0 Å². The number of carbonyl (C=O) groups is 2. The number of carbonyl (C=O) groups excluding carboxylic acids is 1. The average molecular weight is 235 g/mol. The molecule has 0 spiro atoms. The van der Waals surface area contributed by atoms with E-state index in [0.29, 0.717) is 18.7 Å². The van der Waals surface area contributed by atoms with Crippen LogP contribution in [-0.2, 0) is 9.53 Å². The van der Waals surface area contributed by atoms with Crippen LogP contribution in [0.3, 0.4) is 0 Å². The zero-order valence-corrected chi connectivity index (χ0v) is 9.18. The minimum atomic E-state index is -1.02. The molecule has 90 valence electrons. The smallest absolute Gasteiger partial charge is 0.335 e. The number of rotatable bonds is 3. The summed E-state index contributed by atoms with van der Waals surface area (Å²) in [5, 5.41) is 11.5. The zero-order chi connectivity index (χ0) is 12.3. The Morgan fingerprint density at radius 1 is 1.41 bits per heavy atom. The molecule has 0 bridgehead atoms. The van der Waals surface area contributed by atoms with Crippen molar-refractivity contribution in [2.24, 2.45) is 0 Å². The van der Waals surface area contributed by atoms with Gasteiger partial charge in [-0.15, -0.1) is 0 Å². The Hall–Kier alpha value is -1.88. The van der Waals surface area contributed by atoms with Crippen molar-refractivity contribution in [3.63, 3.8) is 0 Å². The molecule has 17 heavy (non-hydrogen) atoms. The van der Waals surface area contributed by atoms with Crippen LogP contribution in [0.2, 0.25) is 0 Å². The maximum Gasteiger partial charge on any atom is 0.335 e. The quantitative estimate of drug-likeness (QED) is 0.832. The fourth-order valence-corrected chi connectivity index (χ4v) is 1.74. The third-order valence-corrected chi connectivity index (χ3v) is 2.60. The molecule has 0 radical (unpaired) electrons. The third kappa shape index (κ3) is 2.82. The zero-order valence-electron chi connectivity index (χ0n) is 9.18. The molecule has 5 heteroatoms. The third-order valence-electron chi connectivity index (χ3n) is 2.60. The Balaban J connectivity index is 2.05. The number of hydrogen-bond acceptors (Lipinski definition) is 3. The average Bonchev–Trinajstić information content (AvgIpc) is 2.82. The van der Waals surface area contributed by atoms with Crippen molar-refractivity contribution in [3.05, 3.63) is 29.8 Å². The Morgan fingerprint density at radius 3 is 2.88 bits per heavy atom. The molecule has 0 aliphatic carbocycles. The van der Waals surface area contributed by atoms with E-state index in [9.17, 15) is 9.59 Å². The number of nitrogens with one attached hydrogen (secondary N) is 1. The first-order valence-electron chi connectivity index (χ1n) is 5.42. The Morgan fingerprint density at radius 2 is 2.24 bits per heavy atom. The molecule has 1 fully saturated rings. The molecular formula is C12H13NO4. The summed E-state index contributed by atoms with van der Waals surface area (Å²) in [6.07, 6.45) is 1.18. The van der Waals surface area contributed by atoms with E-state index in [-0.39, 0.29) is 11.5 Å². The van der Waals surface area contributed by atoms with Gasteiger partial charge >= 0.3 is 5.97 Å². The van der Waals surface area contributed by atoms with Crippen molar-refractivity contribution in [1.82, 2.24) is 0 Å². The molecule has 1 heterocycles. The van der Waals surface area contributed by atoms with Crippen LogP contribution in [0.15, 0.2) is 24.3 Å². The lowest BCUT2D eigenvalue weighted by molar-refractivity contribution is -0.124. The minimum Gasteiger partial charge on any atom is -0.478 e. The van der Waals surface area contributed by atoms with Crippen molar-refractivity contribution >= 4 is 17.6 Å². The van der Waals surface area contributed by atoms with Crippen LogP contribution in [0.5, 0.6) is 0 Å². The molecule has 0 saturated carbocycles. The minimum absolute atomic E-state index is 0.148. The summed E-state index contributed by atoms with van der Waals surface area (Å²) in [7, 11) is 0. The topological polar surface area (TPSA) is 75.6 Å². The van der Waals surface area contributed by atoms with Gasteiger partial charge in [0.1, 0.15) is 6.10 Å². The van der Waals surface area contributed by atoms with Gasteiger partial charge < -0.3 is 15.2 Å². The number of benzene rings is 1. The number of ether oxygens (including phenoxy) is 1. The molecule has 1 aromatic rings. The van der Waals surface area contributed by atoms with Crippen LogP contribution < -0.4 is 5.32 Å². The van der Waals surface area contributed by atoms with Gasteiger partial charge in [0, 0.05) is 12.3 Å². The highest BCUT2D eigenvalue weighted by Gasteiger charge is 2.23. The van der Waals surface area contributed by atoms with Crippen molar-refractivity contribution in [2.45, 2.75) is 18.9 Å². The summed E-state index contributed by atoms with van der Waals surface area (Å²) in [6.45, 7) is 0.604. The van der Waals surface area contributed by atoms with Crippen LogP contribution in [0.4, 0.5) is 5.69 Å². The second-order valence-corrected chi connectivity index (χ2v) is 3.88. The Kier molecular flexibility index (Phi) is 3.39. The number of hydrogen-bond donors (Lipinski definition) is 2. The lowest BCUT2D eigenvalue weighted by Gasteiger charge is -2.10. The van der Waals surface area contributed by atoms with Crippen LogP contribution in [0.25, 0.3) is 0 Å². The van der Waals surface area contributed by atoms with Gasteiger partial charge in [-0.05, 0) is 31.0 Å². The SMILES string of the molecule is O=C(O)c1cccc(NC(=O)[C@H]2CCCO2)c1. The molecule has 1 saturated heterocycles. The van der Waals surface area contributed by atoms with E-state index < -0.39 is 12.1 Å². The number of carboxylic acids is 1. The standard InChI is InChI=1S/C12H13NO4/c14-11(10-5-2-6-17-10)13-9-4-1-3-8(7-9)12(15)16/h1,3-4,7,10H,2,5-6H2,(H,13,14)(H,15,16)/t10-/m1/s1. The number of carboxylic acid groups (broad SMARTS) is 1. The van der Waals surface area contributed by atoms with Gasteiger partial charge in [0.15, 0.2) is 0 Å². The molecule has 2 N–H and O–H groups in total. The summed E-state index contributed by atoms with van der Waals surface area (Å²) in [4.78, 5) is 22.5. The molecule has 1 aromatic carbocycles. The maximum atomic E-state index is 11.7. The molecule has 0 aromatic heterocycles. The predicted molar refractivity (Wildman–Crippen MR) is 61.0 cm³/mol. The summed E-state index contributed by atoms with van der Waals surface area (Å²) >= 11 is 0. The van der Waals surface area contributed by atoms with Gasteiger partial charge in [-0.2, -0.15) is 0 Å². The van der Waals surface area contributed by atoms with Crippen molar-refractivity contribution in [2.75, 3.05) is 11.9 Å². The molecule has 1 atom stereocenters. The first-order valence-corrected chi connectivity index (χ1v) is 5.42. The van der Waals surface area contributed by atoms with Crippen molar-refractivity contribution in [1.29, 1.82) is 0 Å². The van der Waals surface area contributed by atoms with Gasteiger partial charge in [0.2, 0.25) is 0 Å². The maximum absolute atomic E-state index is 11.7. The second kappa shape index (κ2) is 4.97. The lowest BCUT2D eigenvalue weighted by atomic mass is 10.2. The second-order valence-electron chi connectivity index (χ2n) is 3.88. The van der Waals surface area contributed by atoms with Gasteiger partial charge in [-0.1, -0.05) is 6.07 Å². The van der Waals surface area contributed by atoms with Crippen LogP contribution >= 0.6 is 0 Å². The van der Waals surface area contributed by atoms with Gasteiger partial charge in [0.05, 0.1) is 5.56 Å². The molecule has 5 nitrogen and oxygen atoms in total. The van der Waals surface area contributed by atoms with E-state index in [1.54, 1.807) is 12.1 Å². The van der Waals surface area contributed by atoms with Crippen LogP contribution in [-0.4, -0.2) is 29.7 Å². The molecule has 1 aliphatic heterocycles. The van der Waals surface area contributed by atoms with Gasteiger partial charge in [-0.25, -0.2) is 4.79 Å². The fourth-order valence-electron chi connectivity index (χ4n) is 1.74. The van der Waals surface area contributed by atoms with Crippen LogP contribution in [0.1, 0.15) is 23.2 Å². The van der Waals surface area contributed by atoms with Gasteiger partial charge in [-0.3, -0.25) is 4.79 Å². The largest absolute Gasteiger partial charge is 0.478 e. The van der Waals surface area contributed by atoms with E-state index >= 15 is 0 Å². The number of amides is 1. The molecule has 0 unspecified atom stereocenters. The number of aromatic carboxylic acids is 1. The summed E-state index contributed by atoms with van der Waals surface area (Å²) in [5.41, 5.74) is 0.626. The molecule has 1 aliphatic rings. The highest BCUT2D eigenvalue weighted by Crippen LogP contribution is 2.16. The number of anilines is 1. The molecule has 1 amide bonds. The lowest BCUT2D eigenvalue weighted by Crippen LogP contribution is -2.26. The van der Waals surface area contributed by atoms with Gasteiger partial charge in [0.25, 0.3) is 5.91 Å². The summed E-state index contributed by atoms with van der Waals surface area (Å²) < 4.78 is 5.24. The fraction of sp³-hybridized carbons (Fsp3) is 0.333. The van der Waals surface area contributed by atoms with E-state index in [2.05, 4.69) is 5.32 Å². The van der Waals surface area contributed by atoms with E-state index in [1.807, 2.05) is 0 Å². The Bertz CT molecular complexity index is 438. The first kappa shape index (κ1) is 11.6. The van der Waals surface area contributed by atoms with Crippen molar-refractivity contribution < 1.29 is 19.4 Å². The summed E-state index contributed by atoms with van der Waals surface area (Å²) in [6, 6.07) is 6.15. The Labute approximate surface area is 98.4 Å². The first-order chi connectivity index (χ1) is 8.16. The van der Waals surface area contributed by atoms with Crippen LogP contribution in [0, 0.1) is 0 Å².